The Bertz CT molecular complexity index is 601. The van der Waals surface area contributed by atoms with E-state index in [-0.39, 0.29) is 0 Å². The number of aryl methyl sites for hydroxylation is 2. The zero-order chi connectivity index (χ0) is 16.6. The number of morpholine rings is 1. The largest absolute Gasteiger partial charge is 0.489 e. The average Bonchev–Trinajstić information content (AvgIpc) is 2.63. The minimum atomic E-state index is 0.622. The van der Waals surface area contributed by atoms with E-state index in [1.165, 1.54) is 23.1 Å². The first-order chi connectivity index (χ1) is 11.8. The van der Waals surface area contributed by atoms with Crippen molar-refractivity contribution in [2.45, 2.75) is 26.4 Å². The Labute approximate surface area is 145 Å². The molecule has 3 heteroatoms. The molecule has 0 spiro atoms. The number of ether oxygens (including phenoxy) is 2. The molecule has 0 bridgehead atoms. The molecule has 0 radical (unpaired) electrons. The molecule has 0 atom stereocenters. The fourth-order valence-corrected chi connectivity index (χ4v) is 2.93. The second-order valence-corrected chi connectivity index (χ2v) is 6.48. The Balaban J connectivity index is 1.40. The van der Waals surface area contributed by atoms with Gasteiger partial charge >= 0.3 is 0 Å². The second kappa shape index (κ2) is 8.86. The summed E-state index contributed by atoms with van der Waals surface area (Å²) in [6.45, 7) is 7.80. The van der Waals surface area contributed by atoms with Crippen LogP contribution in [-0.4, -0.2) is 37.7 Å². The maximum absolute atomic E-state index is 5.86. The van der Waals surface area contributed by atoms with Crippen molar-refractivity contribution in [2.75, 3.05) is 32.8 Å². The number of nitrogens with zero attached hydrogens (tertiary/aromatic N) is 1. The molecule has 1 aliphatic heterocycles. The fraction of sp³-hybridized carbons (Fsp3) is 0.429. The molecule has 3 nitrogen and oxygen atoms in total. The van der Waals surface area contributed by atoms with Crippen LogP contribution in [-0.2, 0) is 17.8 Å². The third kappa shape index (κ3) is 5.36. The van der Waals surface area contributed by atoms with E-state index < -0.39 is 0 Å². The van der Waals surface area contributed by atoms with Gasteiger partial charge in [-0.1, -0.05) is 42.0 Å². The molecule has 0 saturated carbocycles. The standard InChI is InChI=1S/C21H27NO2/c1-18-4-6-20(7-5-18)17-24-21-10-8-19(9-11-21)3-2-12-22-13-15-23-16-14-22/h4-11H,2-3,12-17H2,1H3. The predicted molar refractivity (Wildman–Crippen MR) is 97.5 cm³/mol. The van der Waals surface area contributed by atoms with Crippen LogP contribution in [0.3, 0.4) is 0 Å². The number of benzene rings is 2. The topological polar surface area (TPSA) is 21.7 Å². The average molecular weight is 325 g/mol. The highest BCUT2D eigenvalue weighted by atomic mass is 16.5. The minimum Gasteiger partial charge on any atom is -0.489 e. The van der Waals surface area contributed by atoms with Gasteiger partial charge in [0.05, 0.1) is 13.2 Å². The lowest BCUT2D eigenvalue weighted by atomic mass is 10.1. The van der Waals surface area contributed by atoms with Gasteiger partial charge < -0.3 is 9.47 Å². The Morgan fingerprint density at radius 1 is 0.917 bits per heavy atom. The maximum atomic E-state index is 5.86. The highest BCUT2D eigenvalue weighted by Crippen LogP contribution is 2.16. The van der Waals surface area contributed by atoms with Gasteiger partial charge in [-0.2, -0.15) is 0 Å². The van der Waals surface area contributed by atoms with Crippen molar-refractivity contribution >= 4 is 0 Å². The molecule has 2 aromatic carbocycles. The lowest BCUT2D eigenvalue weighted by Gasteiger charge is -2.26. The van der Waals surface area contributed by atoms with E-state index in [4.69, 9.17) is 9.47 Å². The molecular weight excluding hydrogens is 298 g/mol. The summed E-state index contributed by atoms with van der Waals surface area (Å²) in [6.07, 6.45) is 2.32. The molecule has 2 aromatic rings. The molecule has 1 aliphatic rings. The molecule has 128 valence electrons. The molecule has 0 N–H and O–H groups in total. The van der Waals surface area contributed by atoms with Crippen LogP contribution in [0.25, 0.3) is 0 Å². The first-order valence-electron chi connectivity index (χ1n) is 8.87. The molecule has 0 amide bonds. The third-order valence-corrected chi connectivity index (χ3v) is 4.49. The van der Waals surface area contributed by atoms with E-state index in [2.05, 4.69) is 60.4 Å². The summed E-state index contributed by atoms with van der Waals surface area (Å²) in [5.74, 6) is 0.938. The summed E-state index contributed by atoms with van der Waals surface area (Å²) in [5, 5.41) is 0. The molecule has 1 fully saturated rings. The lowest BCUT2D eigenvalue weighted by Crippen LogP contribution is -2.36. The van der Waals surface area contributed by atoms with Crippen LogP contribution >= 0.6 is 0 Å². The van der Waals surface area contributed by atoms with Crippen LogP contribution < -0.4 is 4.74 Å². The van der Waals surface area contributed by atoms with Gasteiger partial charge in [-0.15, -0.1) is 0 Å². The molecule has 0 unspecified atom stereocenters. The van der Waals surface area contributed by atoms with Gasteiger partial charge in [0.1, 0.15) is 12.4 Å². The van der Waals surface area contributed by atoms with Gasteiger partial charge in [-0.05, 0) is 49.6 Å². The van der Waals surface area contributed by atoms with Gasteiger partial charge in [0.2, 0.25) is 0 Å². The molecule has 0 aromatic heterocycles. The summed E-state index contributed by atoms with van der Waals surface area (Å²) in [7, 11) is 0. The molecular formula is C21H27NO2. The SMILES string of the molecule is Cc1ccc(COc2ccc(CCCN3CCOCC3)cc2)cc1. The maximum Gasteiger partial charge on any atom is 0.119 e. The normalized spacial score (nSPS) is 15.4. The van der Waals surface area contributed by atoms with Gasteiger partial charge in [-0.25, -0.2) is 0 Å². The van der Waals surface area contributed by atoms with Crippen molar-refractivity contribution in [3.8, 4) is 5.75 Å². The number of hydrogen-bond donors (Lipinski definition) is 0. The van der Waals surface area contributed by atoms with Crippen LogP contribution in [0.1, 0.15) is 23.1 Å². The van der Waals surface area contributed by atoms with Crippen LogP contribution in [0.2, 0.25) is 0 Å². The molecule has 3 rings (SSSR count). The van der Waals surface area contributed by atoms with Crippen LogP contribution in [0, 0.1) is 6.92 Å². The van der Waals surface area contributed by atoms with Gasteiger partial charge in [-0.3, -0.25) is 4.90 Å². The van der Waals surface area contributed by atoms with Crippen LogP contribution in [0.5, 0.6) is 5.75 Å². The Morgan fingerprint density at radius 2 is 1.58 bits per heavy atom. The quantitative estimate of drug-likeness (QED) is 0.772. The van der Waals surface area contributed by atoms with E-state index in [1.54, 1.807) is 0 Å². The predicted octanol–water partition coefficient (Wildman–Crippen LogP) is 3.84. The fourth-order valence-electron chi connectivity index (χ4n) is 2.93. The minimum absolute atomic E-state index is 0.622. The first kappa shape index (κ1) is 17.0. The Kier molecular flexibility index (Phi) is 6.27. The second-order valence-electron chi connectivity index (χ2n) is 6.48. The summed E-state index contributed by atoms with van der Waals surface area (Å²) in [6, 6.07) is 17.0. The monoisotopic (exact) mass is 325 g/mol. The number of rotatable bonds is 7. The van der Waals surface area contributed by atoms with Crippen LogP contribution in [0.4, 0.5) is 0 Å². The zero-order valence-corrected chi connectivity index (χ0v) is 14.5. The van der Waals surface area contributed by atoms with Crippen molar-refractivity contribution in [3.05, 3.63) is 65.2 Å². The highest BCUT2D eigenvalue weighted by molar-refractivity contribution is 5.28. The summed E-state index contributed by atoms with van der Waals surface area (Å²) in [4.78, 5) is 2.49. The van der Waals surface area contributed by atoms with Gasteiger partial charge in [0.25, 0.3) is 0 Å². The Hall–Kier alpha value is -1.84. The van der Waals surface area contributed by atoms with Gasteiger partial charge in [0, 0.05) is 13.1 Å². The molecule has 0 aliphatic carbocycles. The number of hydrogen-bond acceptors (Lipinski definition) is 3. The van der Waals surface area contributed by atoms with E-state index >= 15 is 0 Å². The van der Waals surface area contributed by atoms with Crippen molar-refractivity contribution in [3.63, 3.8) is 0 Å². The van der Waals surface area contributed by atoms with E-state index in [0.717, 1.165) is 45.0 Å². The zero-order valence-electron chi connectivity index (χ0n) is 14.5. The summed E-state index contributed by atoms with van der Waals surface area (Å²) >= 11 is 0. The van der Waals surface area contributed by atoms with Crippen molar-refractivity contribution in [2.24, 2.45) is 0 Å². The van der Waals surface area contributed by atoms with Gasteiger partial charge in [0.15, 0.2) is 0 Å². The smallest absolute Gasteiger partial charge is 0.119 e. The van der Waals surface area contributed by atoms with E-state index in [1.807, 2.05) is 0 Å². The summed E-state index contributed by atoms with van der Waals surface area (Å²) in [5.41, 5.74) is 3.86. The highest BCUT2D eigenvalue weighted by Gasteiger charge is 2.09. The van der Waals surface area contributed by atoms with Crippen molar-refractivity contribution in [1.29, 1.82) is 0 Å². The molecule has 24 heavy (non-hydrogen) atoms. The van der Waals surface area contributed by atoms with Crippen molar-refractivity contribution in [1.82, 2.24) is 4.90 Å². The van der Waals surface area contributed by atoms with Crippen LogP contribution in [0.15, 0.2) is 48.5 Å². The third-order valence-electron chi connectivity index (χ3n) is 4.49. The summed E-state index contributed by atoms with van der Waals surface area (Å²) < 4.78 is 11.2. The van der Waals surface area contributed by atoms with E-state index in [0.29, 0.717) is 6.61 Å². The molecule has 1 saturated heterocycles. The lowest BCUT2D eigenvalue weighted by molar-refractivity contribution is 0.0374. The Morgan fingerprint density at radius 3 is 2.29 bits per heavy atom. The van der Waals surface area contributed by atoms with E-state index in [9.17, 15) is 0 Å². The van der Waals surface area contributed by atoms with Crippen molar-refractivity contribution < 1.29 is 9.47 Å². The first-order valence-corrected chi connectivity index (χ1v) is 8.87. The molecule has 1 heterocycles.